The van der Waals surface area contributed by atoms with Crippen LogP contribution in [-0.2, 0) is 14.3 Å². The number of imide groups is 1. The lowest BCUT2D eigenvalue weighted by molar-refractivity contribution is -0.121. The summed E-state index contributed by atoms with van der Waals surface area (Å²) >= 11 is 6.22. The molecule has 0 aromatic heterocycles. The minimum absolute atomic E-state index is 0.0649. The predicted molar refractivity (Wildman–Crippen MR) is 125 cm³/mol. The molecule has 2 aliphatic rings. The topological polar surface area (TPSA) is 59.1 Å². The van der Waals surface area contributed by atoms with E-state index in [4.69, 9.17) is 21.1 Å². The molecular formula is C25H27ClN2O4. The Kier molecular flexibility index (Phi) is 6.01. The third kappa shape index (κ3) is 3.89. The van der Waals surface area contributed by atoms with Gasteiger partial charge in [0.1, 0.15) is 11.4 Å². The van der Waals surface area contributed by atoms with Crippen molar-refractivity contribution in [3.8, 4) is 5.75 Å². The molecule has 2 aliphatic heterocycles. The number of morpholine rings is 1. The van der Waals surface area contributed by atoms with Crippen LogP contribution in [0.15, 0.2) is 42.1 Å². The van der Waals surface area contributed by atoms with E-state index in [0.29, 0.717) is 40.8 Å². The maximum absolute atomic E-state index is 13.8. The van der Waals surface area contributed by atoms with Crippen LogP contribution < -0.4 is 9.64 Å². The second-order valence-corrected chi connectivity index (χ2v) is 8.88. The third-order valence-electron chi connectivity index (χ3n) is 5.97. The summed E-state index contributed by atoms with van der Waals surface area (Å²) in [6, 6.07) is 10.7. The van der Waals surface area contributed by atoms with E-state index >= 15 is 0 Å². The van der Waals surface area contributed by atoms with Gasteiger partial charge in [0, 0.05) is 18.1 Å². The van der Waals surface area contributed by atoms with Crippen molar-refractivity contribution >= 4 is 34.7 Å². The fraction of sp³-hybridized carbons (Fsp3) is 0.360. The number of aryl methyl sites for hydroxylation is 2. The summed E-state index contributed by atoms with van der Waals surface area (Å²) in [7, 11) is 1.50. The molecule has 4 rings (SSSR count). The van der Waals surface area contributed by atoms with Gasteiger partial charge in [0.15, 0.2) is 0 Å². The van der Waals surface area contributed by atoms with E-state index in [0.717, 1.165) is 16.7 Å². The molecule has 0 N–H and O–H groups in total. The highest BCUT2D eigenvalue weighted by Crippen LogP contribution is 2.40. The number of hydrogen-bond acceptors (Lipinski definition) is 5. The molecule has 2 unspecified atom stereocenters. The Balaban J connectivity index is 1.89. The molecule has 32 heavy (non-hydrogen) atoms. The van der Waals surface area contributed by atoms with Gasteiger partial charge in [-0.3, -0.25) is 9.59 Å². The SMILES string of the molecule is COc1ccc(Cl)cc1N1C(=O)C(c2ccc(C)c(C)c2)=C(N2CC(C)OC(C)C2)C1=O. The normalized spacial score (nSPS) is 21.6. The molecular weight excluding hydrogens is 428 g/mol. The zero-order valence-electron chi connectivity index (χ0n) is 18.9. The number of amides is 2. The van der Waals surface area contributed by atoms with Gasteiger partial charge in [-0.1, -0.05) is 29.8 Å². The number of halogens is 1. The lowest BCUT2D eigenvalue weighted by Gasteiger charge is -2.37. The molecule has 7 heteroatoms. The fourth-order valence-corrected chi connectivity index (χ4v) is 4.55. The van der Waals surface area contributed by atoms with Crippen LogP contribution >= 0.6 is 11.6 Å². The number of anilines is 1. The van der Waals surface area contributed by atoms with E-state index in [-0.39, 0.29) is 24.0 Å². The molecule has 0 radical (unpaired) electrons. The number of carbonyl (C=O) groups is 2. The van der Waals surface area contributed by atoms with Crippen molar-refractivity contribution in [2.24, 2.45) is 0 Å². The third-order valence-corrected chi connectivity index (χ3v) is 6.21. The van der Waals surface area contributed by atoms with Gasteiger partial charge in [0.05, 0.1) is 30.6 Å². The fourth-order valence-electron chi connectivity index (χ4n) is 4.39. The van der Waals surface area contributed by atoms with Crippen LogP contribution in [0.3, 0.4) is 0 Å². The Labute approximate surface area is 193 Å². The molecule has 0 saturated carbocycles. The van der Waals surface area contributed by atoms with Gasteiger partial charge in [-0.15, -0.1) is 0 Å². The van der Waals surface area contributed by atoms with Crippen molar-refractivity contribution in [2.75, 3.05) is 25.1 Å². The molecule has 1 fully saturated rings. The Hall–Kier alpha value is -2.83. The smallest absolute Gasteiger partial charge is 0.282 e. The first-order chi connectivity index (χ1) is 15.2. The summed E-state index contributed by atoms with van der Waals surface area (Å²) in [5.41, 5.74) is 4.01. The van der Waals surface area contributed by atoms with Crippen LogP contribution in [0.2, 0.25) is 5.02 Å². The molecule has 2 aromatic carbocycles. The summed E-state index contributed by atoms with van der Waals surface area (Å²) in [5.74, 6) is -0.369. The Morgan fingerprint density at radius 2 is 1.66 bits per heavy atom. The summed E-state index contributed by atoms with van der Waals surface area (Å²) in [5, 5.41) is 0.413. The van der Waals surface area contributed by atoms with E-state index in [1.807, 2.05) is 50.8 Å². The number of hydrogen-bond donors (Lipinski definition) is 0. The molecule has 2 amide bonds. The van der Waals surface area contributed by atoms with Gasteiger partial charge in [0.25, 0.3) is 11.8 Å². The Morgan fingerprint density at radius 1 is 0.969 bits per heavy atom. The lowest BCUT2D eigenvalue weighted by Crippen LogP contribution is -2.47. The van der Waals surface area contributed by atoms with Gasteiger partial charge in [-0.25, -0.2) is 4.90 Å². The molecule has 2 aromatic rings. The standard InChI is InChI=1S/C25H27ClN2O4/c1-14-6-7-18(10-15(14)2)22-23(27-12-16(3)32-17(4)13-27)25(30)28(24(22)29)20-11-19(26)8-9-21(20)31-5/h6-11,16-17H,12-13H2,1-5H3. The van der Waals surface area contributed by atoms with Gasteiger partial charge in [-0.2, -0.15) is 0 Å². The van der Waals surface area contributed by atoms with Crippen molar-refractivity contribution in [3.05, 3.63) is 63.8 Å². The number of nitrogens with zero attached hydrogens (tertiary/aromatic N) is 2. The summed E-state index contributed by atoms with van der Waals surface area (Å²) in [6.07, 6.45) is -0.130. The average Bonchev–Trinajstić information content (AvgIpc) is 2.99. The van der Waals surface area contributed by atoms with Crippen LogP contribution in [0.5, 0.6) is 5.75 Å². The van der Waals surface area contributed by atoms with E-state index in [1.54, 1.807) is 18.2 Å². The van der Waals surface area contributed by atoms with E-state index in [1.165, 1.54) is 12.0 Å². The zero-order chi connectivity index (χ0) is 23.2. The second kappa shape index (κ2) is 8.60. The van der Waals surface area contributed by atoms with Crippen molar-refractivity contribution in [2.45, 2.75) is 39.9 Å². The van der Waals surface area contributed by atoms with Crippen molar-refractivity contribution in [1.82, 2.24) is 4.90 Å². The number of rotatable bonds is 4. The first-order valence-corrected chi connectivity index (χ1v) is 11.0. The first kappa shape index (κ1) is 22.4. The van der Waals surface area contributed by atoms with Gasteiger partial charge in [0.2, 0.25) is 0 Å². The van der Waals surface area contributed by atoms with Crippen LogP contribution in [-0.4, -0.2) is 49.1 Å². The quantitative estimate of drug-likeness (QED) is 0.642. The number of methoxy groups -OCH3 is 1. The monoisotopic (exact) mass is 454 g/mol. The zero-order valence-corrected chi connectivity index (χ0v) is 19.7. The van der Waals surface area contributed by atoms with Crippen LogP contribution in [0.25, 0.3) is 5.57 Å². The lowest BCUT2D eigenvalue weighted by atomic mass is 9.99. The first-order valence-electron chi connectivity index (χ1n) is 10.7. The highest BCUT2D eigenvalue weighted by Gasteiger charge is 2.44. The van der Waals surface area contributed by atoms with Crippen molar-refractivity contribution < 1.29 is 19.1 Å². The van der Waals surface area contributed by atoms with Gasteiger partial charge >= 0.3 is 0 Å². The van der Waals surface area contributed by atoms with Crippen LogP contribution in [0.4, 0.5) is 5.69 Å². The Morgan fingerprint density at radius 3 is 2.28 bits per heavy atom. The van der Waals surface area contributed by atoms with Crippen molar-refractivity contribution in [3.63, 3.8) is 0 Å². The molecule has 2 heterocycles. The van der Waals surface area contributed by atoms with Crippen molar-refractivity contribution in [1.29, 1.82) is 0 Å². The molecule has 168 valence electrons. The second-order valence-electron chi connectivity index (χ2n) is 8.45. The molecule has 2 atom stereocenters. The number of carbonyl (C=O) groups excluding carboxylic acids is 2. The highest BCUT2D eigenvalue weighted by molar-refractivity contribution is 6.46. The minimum Gasteiger partial charge on any atom is -0.495 e. The number of ether oxygens (including phenoxy) is 2. The van der Waals surface area contributed by atoms with Gasteiger partial charge in [-0.05, 0) is 62.6 Å². The summed E-state index contributed by atoms with van der Waals surface area (Å²) < 4.78 is 11.3. The molecule has 0 aliphatic carbocycles. The average molecular weight is 455 g/mol. The molecule has 6 nitrogen and oxygen atoms in total. The van der Waals surface area contributed by atoms with Gasteiger partial charge < -0.3 is 14.4 Å². The minimum atomic E-state index is -0.388. The summed E-state index contributed by atoms with van der Waals surface area (Å²) in [4.78, 5) is 30.8. The van der Waals surface area contributed by atoms with Crippen LogP contribution in [0, 0.1) is 13.8 Å². The molecule has 0 spiro atoms. The predicted octanol–water partition coefficient (Wildman–Crippen LogP) is 4.36. The van der Waals surface area contributed by atoms with Crippen LogP contribution in [0.1, 0.15) is 30.5 Å². The maximum Gasteiger partial charge on any atom is 0.282 e. The largest absolute Gasteiger partial charge is 0.495 e. The van der Waals surface area contributed by atoms with E-state index < -0.39 is 0 Å². The maximum atomic E-state index is 13.8. The Bertz CT molecular complexity index is 1120. The molecule has 1 saturated heterocycles. The number of benzene rings is 2. The van der Waals surface area contributed by atoms with E-state index in [2.05, 4.69) is 0 Å². The summed E-state index contributed by atoms with van der Waals surface area (Å²) in [6.45, 7) is 9.00. The highest BCUT2D eigenvalue weighted by atomic mass is 35.5. The van der Waals surface area contributed by atoms with E-state index in [9.17, 15) is 9.59 Å². The molecule has 0 bridgehead atoms.